The van der Waals surface area contributed by atoms with Crippen molar-refractivity contribution in [3.8, 4) is 0 Å². The fourth-order valence-corrected chi connectivity index (χ4v) is 9.89. The number of imidazole rings is 1. The van der Waals surface area contributed by atoms with Crippen LogP contribution in [-0.4, -0.2) is 128 Å². The van der Waals surface area contributed by atoms with Gasteiger partial charge in [0.15, 0.2) is 42.2 Å². The van der Waals surface area contributed by atoms with E-state index in [1.165, 1.54) is 11.9 Å². The van der Waals surface area contributed by atoms with E-state index >= 15 is 0 Å². The second-order valence-electron chi connectivity index (χ2n) is 11.8. The van der Waals surface area contributed by atoms with Crippen LogP contribution in [0.5, 0.6) is 0 Å². The normalized spacial score (nSPS) is 35.0. The molecule has 0 bridgehead atoms. The minimum atomic E-state index is -6.54. The Morgan fingerprint density at radius 3 is 2.49 bits per heavy atom. The van der Waals surface area contributed by atoms with Crippen molar-refractivity contribution in [1.82, 2.24) is 29.7 Å². The van der Waals surface area contributed by atoms with Gasteiger partial charge in [-0.05, 0) is 0 Å². The Morgan fingerprint density at radius 1 is 1.11 bits per heavy atom. The monoisotopic (exact) mass is 815 g/mol. The van der Waals surface area contributed by atoms with Crippen molar-refractivity contribution in [2.24, 2.45) is 10.7 Å². The Labute approximate surface area is 294 Å². The molecule has 0 aliphatic carbocycles. The van der Waals surface area contributed by atoms with Gasteiger partial charge in [-0.25, -0.2) is 14.2 Å². The van der Waals surface area contributed by atoms with Crippen LogP contribution >= 0.6 is 23.2 Å². The molecule has 6 heterocycles. The highest BCUT2D eigenvalue weighted by Crippen LogP contribution is 2.63. The van der Waals surface area contributed by atoms with Gasteiger partial charge in [-0.1, -0.05) is 0 Å². The van der Waals surface area contributed by atoms with E-state index in [1.807, 2.05) is 0 Å². The molecule has 10 N–H and O–H groups in total. The van der Waals surface area contributed by atoms with E-state index in [0.717, 1.165) is 18.0 Å². The Bertz CT molecular complexity index is 2060. The third-order valence-electron chi connectivity index (χ3n) is 8.37. The van der Waals surface area contributed by atoms with Gasteiger partial charge in [0.05, 0.1) is 12.9 Å². The summed E-state index contributed by atoms with van der Waals surface area (Å²) in [6.45, 7) is -1.31. The lowest BCUT2D eigenvalue weighted by Gasteiger charge is -2.35. The number of aromatic nitrogens is 4. The number of quaternary nitrogens is 1. The first-order chi connectivity index (χ1) is 24.6. The van der Waals surface area contributed by atoms with Crippen LogP contribution in [0.2, 0.25) is 0 Å². The topological polar surface area (TPSA) is 424 Å². The highest BCUT2D eigenvalue weighted by atomic mass is 31.3. The van der Waals surface area contributed by atoms with Crippen LogP contribution < -0.4 is 47.0 Å². The summed E-state index contributed by atoms with van der Waals surface area (Å²) in [5.41, 5.74) is 8.00. The van der Waals surface area contributed by atoms with Gasteiger partial charge in [0.2, 0.25) is 31.1 Å². The third kappa shape index (κ3) is 7.43. The number of nitrogens with one attached hydrogen (secondary N) is 3. The summed E-state index contributed by atoms with van der Waals surface area (Å²) in [5, 5.41) is 47.0. The third-order valence-corrected chi connectivity index (χ3v) is 12.9. The lowest BCUT2D eigenvalue weighted by molar-refractivity contribution is -0.917. The number of phosphoric ester groups is 1. The second kappa shape index (κ2) is 14.1. The number of guanidine groups is 1. The number of aromatic amines is 1. The van der Waals surface area contributed by atoms with Crippen LogP contribution in [0.3, 0.4) is 0 Å². The SMILES string of the molecule is COC1[C@@H](O)[C@@H]([NH+]2CN(C)C3=C2NC(N)=NC3[O-])O[C@H]1C(=O)P(=O)([O-])OP(=O)([O-])OP(=O)([O-])OC[C@H]1O[C@@H](n2cnc3c(=O)[nH]c(N)nc32)[C@@H](O)C1O. The van der Waals surface area contributed by atoms with Crippen LogP contribution in [-0.2, 0) is 45.8 Å². The van der Waals surface area contributed by atoms with Crippen molar-refractivity contribution in [3.63, 3.8) is 0 Å². The molecule has 6 rings (SSSR count). The summed E-state index contributed by atoms with van der Waals surface area (Å²) in [6, 6.07) is 0. The van der Waals surface area contributed by atoms with Gasteiger partial charge < -0.3 is 74.8 Å². The number of hydrogen-bond donors (Lipinski definition) is 8. The average molecular weight is 815 g/mol. The lowest BCUT2D eigenvalue weighted by Crippen LogP contribution is -3.16. The number of likely N-dealkylation sites (N-methyl/N-ethyl adjacent to an activating group) is 1. The number of aliphatic hydroxyl groups is 3. The first-order valence-electron chi connectivity index (χ1n) is 14.9. The number of hydrogen-bond acceptors (Lipinski definition) is 25. The molecule has 7 unspecified atom stereocenters. The van der Waals surface area contributed by atoms with E-state index in [1.54, 1.807) is 0 Å². The van der Waals surface area contributed by atoms with Crippen LogP contribution in [0.25, 0.3) is 11.2 Å². The molecule has 0 spiro atoms. The molecule has 2 saturated heterocycles. The molecule has 31 heteroatoms. The van der Waals surface area contributed by atoms with Gasteiger partial charge >= 0.3 is 0 Å². The van der Waals surface area contributed by atoms with E-state index < -0.39 is 96.2 Å². The summed E-state index contributed by atoms with van der Waals surface area (Å²) in [6.07, 6.45) is -15.0. The van der Waals surface area contributed by atoms with E-state index in [-0.39, 0.29) is 46.2 Å². The van der Waals surface area contributed by atoms with Crippen molar-refractivity contribution < 1.29 is 85.9 Å². The van der Waals surface area contributed by atoms with Crippen molar-refractivity contribution in [2.45, 2.75) is 55.3 Å². The van der Waals surface area contributed by atoms with Crippen molar-refractivity contribution in [2.75, 3.05) is 33.2 Å². The van der Waals surface area contributed by atoms with Gasteiger partial charge in [-0.15, -0.1) is 0 Å². The van der Waals surface area contributed by atoms with E-state index in [2.05, 4.69) is 38.4 Å². The molecular weight excluding hydrogens is 785 g/mol. The van der Waals surface area contributed by atoms with Gasteiger partial charge in [-0.2, -0.15) is 4.98 Å². The van der Waals surface area contributed by atoms with Crippen LogP contribution in [0.1, 0.15) is 6.23 Å². The quantitative estimate of drug-likeness (QED) is 0.0922. The largest absolute Gasteiger partial charge is 0.830 e. The molecule has 4 aliphatic rings. The smallest absolute Gasteiger partial charge is 0.280 e. The average Bonchev–Trinajstić information content (AvgIpc) is 3.77. The summed E-state index contributed by atoms with van der Waals surface area (Å²) >= 11 is 0. The number of nitrogen functional groups attached to an aromatic ring is 1. The number of carbonyl (C=O) groups is 1. The lowest BCUT2D eigenvalue weighted by atomic mass is 10.1. The Morgan fingerprint density at radius 2 is 1.81 bits per heavy atom. The number of nitrogens with zero attached hydrogens (tertiary/aromatic N) is 5. The Balaban J connectivity index is 1.09. The van der Waals surface area contributed by atoms with E-state index in [9.17, 15) is 58.4 Å². The maximum absolute atomic E-state index is 13.1. The number of nitrogens with two attached hydrogens (primary N) is 2. The molecule has 0 radical (unpaired) electrons. The summed E-state index contributed by atoms with van der Waals surface area (Å²) in [7, 11) is -16.6. The first-order valence-corrected chi connectivity index (χ1v) is 19.3. The summed E-state index contributed by atoms with van der Waals surface area (Å²) in [4.78, 5) is 78.0. The standard InChI is InChI=1S/C22H32N10O18P3/c1-30-5-32(15-8(30)17(37)29-22(24)27-15)19-11(35)12(45-2)13(48-19)20(38)51(39,40)49-53(43,44)50-52(41,42)46-3-6-9(33)10(34)18(47-6)31-4-25-7-14(31)26-21(23)28-16(7)36/h4,6,9-13,17-19,33-35H,3,5H2,1-2H3,(H,39,40)(H,41,42)(H,43,44)(H3,24,27,29)(H3,23,26,28,36)/q-1/p-2/t6-,9?,10+,11-,12?,13-,17?,18-,19+/m1/s1. The maximum Gasteiger partial charge on any atom is 0.280 e. The predicted molar refractivity (Wildman–Crippen MR) is 159 cm³/mol. The van der Waals surface area contributed by atoms with Crippen LogP contribution in [0.4, 0.5) is 5.95 Å². The molecule has 2 aromatic rings. The van der Waals surface area contributed by atoms with Gasteiger partial charge in [0.1, 0.15) is 30.1 Å². The molecule has 0 amide bonds. The molecule has 28 nitrogen and oxygen atoms in total. The predicted octanol–water partition coefficient (Wildman–Crippen LogP) is -8.95. The van der Waals surface area contributed by atoms with Crippen molar-refractivity contribution in [3.05, 3.63) is 28.2 Å². The molecule has 13 atom stereocenters. The molecular formula is C22H30N10O18P3-3. The number of aliphatic hydroxyl groups excluding tert-OH is 3. The zero-order valence-electron chi connectivity index (χ0n) is 26.9. The van der Waals surface area contributed by atoms with Gasteiger partial charge in [0.25, 0.3) is 21.2 Å². The van der Waals surface area contributed by atoms with E-state index in [0.29, 0.717) is 0 Å². The minimum absolute atomic E-state index is 0.0807. The number of phosphoric acid groups is 2. The second-order valence-corrected chi connectivity index (χ2v) is 16.6. The molecule has 294 valence electrons. The minimum Gasteiger partial charge on any atom is -0.830 e. The number of fused-ring (bicyclic) bond motifs is 1. The van der Waals surface area contributed by atoms with Crippen molar-refractivity contribution in [1.29, 1.82) is 0 Å². The number of ether oxygens (including phenoxy) is 3. The van der Waals surface area contributed by atoms with Gasteiger partial charge in [-0.3, -0.25) is 42.9 Å². The number of rotatable bonds is 12. The highest BCUT2D eigenvalue weighted by molar-refractivity contribution is 7.76. The fourth-order valence-electron chi connectivity index (χ4n) is 6.11. The first kappa shape index (κ1) is 39.5. The zero-order chi connectivity index (χ0) is 38.9. The Kier molecular flexibility index (Phi) is 10.5. The molecule has 53 heavy (non-hydrogen) atoms. The number of carbonyl (C=O) groups excluding carboxylic acids is 1. The molecule has 4 aliphatic heterocycles. The van der Waals surface area contributed by atoms with Crippen LogP contribution in [0, 0.1) is 0 Å². The number of aliphatic imine (C=N–C) groups is 1. The highest BCUT2D eigenvalue weighted by Gasteiger charge is 2.57. The van der Waals surface area contributed by atoms with Gasteiger partial charge in [0, 0.05) is 20.4 Å². The zero-order valence-corrected chi connectivity index (χ0v) is 29.6. The summed E-state index contributed by atoms with van der Waals surface area (Å²) in [5.74, 6) is -0.522. The number of H-pyrrole nitrogens is 1. The van der Waals surface area contributed by atoms with Crippen LogP contribution in [0.15, 0.2) is 27.6 Å². The van der Waals surface area contributed by atoms with Crippen molar-refractivity contribution >= 4 is 51.8 Å². The molecule has 2 aromatic heterocycles. The molecule has 0 saturated carbocycles. The fraction of sp³-hybridized carbons (Fsp3) is 0.591. The Hall–Kier alpha value is -3.24. The number of anilines is 1. The maximum atomic E-state index is 13.1. The number of methoxy groups -OCH3 is 1. The van der Waals surface area contributed by atoms with E-state index in [4.69, 9.17) is 25.7 Å². The molecule has 2 fully saturated rings. The summed E-state index contributed by atoms with van der Waals surface area (Å²) < 4.78 is 66.8. The molecule has 0 aromatic carbocycles.